The molecule has 0 aliphatic carbocycles. The summed E-state index contributed by atoms with van der Waals surface area (Å²) < 4.78 is 5.06. The molecule has 0 aliphatic heterocycles. The Balaban J connectivity index is 2.61. The number of hydrogen-bond acceptors (Lipinski definition) is 3. The molecule has 0 fully saturated rings. The summed E-state index contributed by atoms with van der Waals surface area (Å²) in [7, 11) is 1.61. The summed E-state index contributed by atoms with van der Waals surface area (Å²) in [6.07, 6.45) is 0. The predicted octanol–water partition coefficient (Wildman–Crippen LogP) is 2.51. The molecule has 0 heterocycles. The Morgan fingerprint density at radius 2 is 1.82 bits per heavy atom. The van der Waals surface area contributed by atoms with Gasteiger partial charge in [-0.1, -0.05) is 13.8 Å². The largest absolute Gasteiger partial charge is 0.497 e. The maximum absolute atomic E-state index is 12.1. The van der Waals surface area contributed by atoms with Crippen molar-refractivity contribution in [3.05, 3.63) is 29.8 Å². The predicted molar refractivity (Wildman–Crippen MR) is 69.6 cm³/mol. The number of rotatable bonds is 6. The van der Waals surface area contributed by atoms with Gasteiger partial charge in [-0.05, 0) is 43.7 Å². The molecule has 1 atom stereocenters. The topological polar surface area (TPSA) is 38.3 Å². The van der Waals surface area contributed by atoms with E-state index in [9.17, 15) is 4.79 Å². The molecule has 0 aromatic heterocycles. The van der Waals surface area contributed by atoms with E-state index in [1.807, 2.05) is 19.1 Å². The van der Waals surface area contributed by atoms with Crippen LogP contribution >= 0.6 is 0 Å². The lowest BCUT2D eigenvalue weighted by atomic mass is 10.0. The Kier molecular flexibility index (Phi) is 5.16. The molecule has 0 bridgehead atoms. The number of ketones is 1. The van der Waals surface area contributed by atoms with Crippen molar-refractivity contribution in [3.8, 4) is 5.75 Å². The summed E-state index contributed by atoms with van der Waals surface area (Å²) in [5.41, 5.74) is 0.717. The zero-order valence-corrected chi connectivity index (χ0v) is 11.0. The van der Waals surface area contributed by atoms with Crippen LogP contribution in [0, 0.1) is 5.92 Å². The molecule has 1 N–H and O–H groups in total. The highest BCUT2D eigenvalue weighted by molar-refractivity contribution is 5.99. The molecule has 0 amide bonds. The lowest BCUT2D eigenvalue weighted by Gasteiger charge is -2.14. The van der Waals surface area contributed by atoms with Crippen LogP contribution in [0.25, 0.3) is 0 Å². The van der Waals surface area contributed by atoms with E-state index in [4.69, 9.17) is 4.74 Å². The van der Waals surface area contributed by atoms with Gasteiger partial charge in [-0.15, -0.1) is 0 Å². The summed E-state index contributed by atoms with van der Waals surface area (Å²) in [6.45, 7) is 6.99. The van der Waals surface area contributed by atoms with Gasteiger partial charge in [0.2, 0.25) is 0 Å². The number of hydrogen-bond donors (Lipinski definition) is 1. The maximum Gasteiger partial charge on any atom is 0.179 e. The molecule has 0 aliphatic rings. The third-order valence-electron chi connectivity index (χ3n) is 2.60. The maximum atomic E-state index is 12.1. The molecule has 1 unspecified atom stereocenters. The van der Waals surface area contributed by atoms with Gasteiger partial charge >= 0.3 is 0 Å². The molecule has 1 rings (SSSR count). The summed E-state index contributed by atoms with van der Waals surface area (Å²) in [4.78, 5) is 12.1. The SMILES string of the molecule is COc1ccc(C(=O)C(C)NCC(C)C)cc1. The highest BCUT2D eigenvalue weighted by atomic mass is 16.5. The lowest BCUT2D eigenvalue weighted by Crippen LogP contribution is -2.36. The third-order valence-corrected chi connectivity index (χ3v) is 2.60. The molecule has 94 valence electrons. The van der Waals surface area contributed by atoms with E-state index in [0.29, 0.717) is 5.92 Å². The van der Waals surface area contributed by atoms with Gasteiger partial charge in [-0.3, -0.25) is 4.79 Å². The summed E-state index contributed by atoms with van der Waals surface area (Å²) >= 11 is 0. The third kappa shape index (κ3) is 4.19. The minimum atomic E-state index is -0.147. The number of methoxy groups -OCH3 is 1. The molecule has 0 saturated carbocycles. The van der Waals surface area contributed by atoms with Gasteiger partial charge in [-0.25, -0.2) is 0 Å². The van der Waals surface area contributed by atoms with Crippen LogP contribution in [0.2, 0.25) is 0 Å². The minimum Gasteiger partial charge on any atom is -0.497 e. The second-order valence-corrected chi connectivity index (χ2v) is 4.62. The van der Waals surface area contributed by atoms with Crippen LogP contribution in [-0.2, 0) is 0 Å². The molecule has 3 heteroatoms. The highest BCUT2D eigenvalue weighted by Gasteiger charge is 2.14. The van der Waals surface area contributed by atoms with Crippen molar-refractivity contribution in [1.29, 1.82) is 0 Å². The molecule has 1 aromatic carbocycles. The van der Waals surface area contributed by atoms with Gasteiger partial charge in [0.15, 0.2) is 5.78 Å². The van der Waals surface area contributed by atoms with Gasteiger partial charge < -0.3 is 10.1 Å². The molecule has 3 nitrogen and oxygen atoms in total. The van der Waals surface area contributed by atoms with Gasteiger partial charge in [-0.2, -0.15) is 0 Å². The molecule has 1 aromatic rings. The first kappa shape index (κ1) is 13.7. The van der Waals surface area contributed by atoms with Crippen molar-refractivity contribution in [2.45, 2.75) is 26.8 Å². The van der Waals surface area contributed by atoms with Crippen molar-refractivity contribution in [1.82, 2.24) is 5.32 Å². The number of carbonyl (C=O) groups excluding carboxylic acids is 1. The molecule has 0 saturated heterocycles. The lowest BCUT2D eigenvalue weighted by molar-refractivity contribution is 0.0949. The van der Waals surface area contributed by atoms with Crippen LogP contribution in [0.15, 0.2) is 24.3 Å². The van der Waals surface area contributed by atoms with E-state index in [0.717, 1.165) is 17.9 Å². The second-order valence-electron chi connectivity index (χ2n) is 4.62. The Morgan fingerprint density at radius 1 is 1.24 bits per heavy atom. The van der Waals surface area contributed by atoms with Crippen LogP contribution < -0.4 is 10.1 Å². The van der Waals surface area contributed by atoms with E-state index in [1.165, 1.54) is 0 Å². The fourth-order valence-corrected chi connectivity index (χ4v) is 1.51. The highest BCUT2D eigenvalue weighted by Crippen LogP contribution is 2.12. The molecule has 0 spiro atoms. The minimum absolute atomic E-state index is 0.119. The Morgan fingerprint density at radius 3 is 2.29 bits per heavy atom. The smallest absolute Gasteiger partial charge is 0.179 e. The quantitative estimate of drug-likeness (QED) is 0.770. The fraction of sp³-hybridized carbons (Fsp3) is 0.500. The number of carbonyl (C=O) groups is 1. The monoisotopic (exact) mass is 235 g/mol. The Hall–Kier alpha value is -1.35. The average Bonchev–Trinajstić information content (AvgIpc) is 2.35. The Bertz CT molecular complexity index is 357. The van der Waals surface area contributed by atoms with Gasteiger partial charge in [0.1, 0.15) is 5.75 Å². The van der Waals surface area contributed by atoms with Crippen LogP contribution in [0.5, 0.6) is 5.75 Å². The summed E-state index contributed by atoms with van der Waals surface area (Å²) in [5.74, 6) is 1.43. The van der Waals surface area contributed by atoms with Crippen molar-refractivity contribution in [2.75, 3.05) is 13.7 Å². The van der Waals surface area contributed by atoms with Gasteiger partial charge in [0.05, 0.1) is 13.2 Å². The first-order valence-corrected chi connectivity index (χ1v) is 5.96. The molecule has 17 heavy (non-hydrogen) atoms. The molecular formula is C14H21NO2. The summed E-state index contributed by atoms with van der Waals surface area (Å²) in [6, 6.07) is 7.07. The molecular weight excluding hydrogens is 214 g/mol. The zero-order chi connectivity index (χ0) is 12.8. The van der Waals surface area contributed by atoms with Crippen LogP contribution in [0.1, 0.15) is 31.1 Å². The van der Waals surface area contributed by atoms with Crippen molar-refractivity contribution in [3.63, 3.8) is 0 Å². The van der Waals surface area contributed by atoms with E-state index >= 15 is 0 Å². The molecule has 0 radical (unpaired) electrons. The van der Waals surface area contributed by atoms with Gasteiger partial charge in [0.25, 0.3) is 0 Å². The van der Waals surface area contributed by atoms with Crippen molar-refractivity contribution >= 4 is 5.78 Å². The van der Waals surface area contributed by atoms with Crippen LogP contribution in [0.4, 0.5) is 0 Å². The number of ether oxygens (including phenoxy) is 1. The fourth-order valence-electron chi connectivity index (χ4n) is 1.51. The van der Waals surface area contributed by atoms with Crippen molar-refractivity contribution in [2.24, 2.45) is 5.92 Å². The van der Waals surface area contributed by atoms with Crippen molar-refractivity contribution < 1.29 is 9.53 Å². The number of nitrogens with one attached hydrogen (secondary N) is 1. The zero-order valence-electron chi connectivity index (χ0n) is 11.0. The summed E-state index contributed by atoms with van der Waals surface area (Å²) in [5, 5.41) is 3.23. The normalized spacial score (nSPS) is 12.5. The van der Waals surface area contributed by atoms with Gasteiger partial charge in [0, 0.05) is 5.56 Å². The van der Waals surface area contributed by atoms with Crippen LogP contribution in [-0.4, -0.2) is 25.5 Å². The van der Waals surface area contributed by atoms with E-state index < -0.39 is 0 Å². The Labute approximate surface area is 103 Å². The van der Waals surface area contributed by atoms with E-state index in [1.54, 1.807) is 19.2 Å². The standard InChI is InChI=1S/C14H21NO2/c1-10(2)9-15-11(3)14(16)12-5-7-13(17-4)8-6-12/h5-8,10-11,15H,9H2,1-4H3. The average molecular weight is 235 g/mol. The van der Waals surface area contributed by atoms with E-state index in [2.05, 4.69) is 19.2 Å². The first-order chi connectivity index (χ1) is 8.04. The van der Waals surface area contributed by atoms with E-state index in [-0.39, 0.29) is 11.8 Å². The van der Waals surface area contributed by atoms with Crippen LogP contribution in [0.3, 0.4) is 0 Å². The second kappa shape index (κ2) is 6.40. The number of benzene rings is 1. The number of Topliss-reactive ketones (excluding diaryl/α,β-unsaturated/α-hetero) is 1. The first-order valence-electron chi connectivity index (χ1n) is 5.96.